The first kappa shape index (κ1) is 11.8. The number of hydrogen-bond acceptors (Lipinski definition) is 2. The van der Waals surface area contributed by atoms with Crippen molar-refractivity contribution in [3.05, 3.63) is 24.3 Å². The highest BCUT2D eigenvalue weighted by atomic mass is 16.1. The maximum Gasteiger partial charge on any atom is 0.155 e. The first-order valence-electron chi connectivity index (χ1n) is 4.61. The first-order valence-corrected chi connectivity index (χ1v) is 4.61. The molecular weight excluding hydrogens is 164 g/mol. The Kier molecular flexibility index (Phi) is 6.79. The van der Waals surface area contributed by atoms with Gasteiger partial charge in [-0.2, -0.15) is 0 Å². The van der Waals surface area contributed by atoms with Crippen molar-refractivity contribution < 1.29 is 9.59 Å². The molecule has 0 aliphatic rings. The van der Waals surface area contributed by atoms with Crippen LogP contribution in [0.2, 0.25) is 0 Å². The molecule has 0 radical (unpaired) electrons. The van der Waals surface area contributed by atoms with Crippen LogP contribution in [0.15, 0.2) is 24.3 Å². The quantitative estimate of drug-likeness (QED) is 0.464. The molecule has 0 saturated carbocycles. The summed E-state index contributed by atoms with van der Waals surface area (Å²) in [4.78, 5) is 21.7. The summed E-state index contributed by atoms with van der Waals surface area (Å²) >= 11 is 0. The number of carbonyl (C=O) groups excluding carboxylic acids is 2. The summed E-state index contributed by atoms with van der Waals surface area (Å²) in [6, 6.07) is 0. The Labute approximate surface area is 79.3 Å². The number of allylic oxidation sites excluding steroid dienone is 4. The molecule has 0 rings (SSSR count). The number of hydrogen-bond donors (Lipinski definition) is 0. The van der Waals surface area contributed by atoms with Crippen LogP contribution in [0.1, 0.15) is 33.1 Å². The van der Waals surface area contributed by atoms with Crippen LogP contribution in [-0.4, -0.2) is 11.6 Å². The second-order valence-corrected chi connectivity index (χ2v) is 2.75. The lowest BCUT2D eigenvalue weighted by atomic mass is 10.2. The minimum absolute atomic E-state index is 0.0765. The lowest BCUT2D eigenvalue weighted by Gasteiger charge is -1.86. The van der Waals surface area contributed by atoms with Crippen LogP contribution in [-0.2, 0) is 9.59 Å². The number of ketones is 2. The fourth-order valence-electron chi connectivity index (χ4n) is 0.773. The zero-order valence-corrected chi connectivity index (χ0v) is 8.25. The van der Waals surface area contributed by atoms with Crippen LogP contribution in [0, 0.1) is 0 Å². The van der Waals surface area contributed by atoms with Gasteiger partial charge in [-0.3, -0.25) is 9.59 Å². The summed E-state index contributed by atoms with van der Waals surface area (Å²) in [5, 5.41) is 0. The lowest BCUT2D eigenvalue weighted by Crippen LogP contribution is -1.89. The molecule has 0 amide bonds. The molecule has 0 N–H and O–H groups in total. The highest BCUT2D eigenvalue weighted by Crippen LogP contribution is 1.91. The third-order valence-electron chi connectivity index (χ3n) is 1.52. The molecule has 2 heteroatoms. The lowest BCUT2D eigenvalue weighted by molar-refractivity contribution is -0.115. The van der Waals surface area contributed by atoms with E-state index >= 15 is 0 Å². The molecule has 0 aromatic heterocycles. The van der Waals surface area contributed by atoms with Crippen LogP contribution >= 0.6 is 0 Å². The first-order chi connectivity index (χ1) is 6.20. The third kappa shape index (κ3) is 7.19. The van der Waals surface area contributed by atoms with Gasteiger partial charge in [0.1, 0.15) is 0 Å². The van der Waals surface area contributed by atoms with Crippen molar-refractivity contribution in [3.8, 4) is 0 Å². The SMILES string of the molecule is CCCC(=O)C=CC=CC(=O)CC. The standard InChI is InChI=1S/C11H16O2/c1-3-7-11(13)9-6-5-8-10(12)4-2/h5-6,8-9H,3-4,7H2,1-2H3. The normalized spacial score (nSPS) is 11.2. The maximum atomic E-state index is 11.0. The summed E-state index contributed by atoms with van der Waals surface area (Å²) < 4.78 is 0. The van der Waals surface area contributed by atoms with Gasteiger partial charge < -0.3 is 0 Å². The van der Waals surface area contributed by atoms with E-state index in [4.69, 9.17) is 0 Å². The van der Waals surface area contributed by atoms with Crippen molar-refractivity contribution in [3.63, 3.8) is 0 Å². The van der Waals surface area contributed by atoms with Crippen LogP contribution in [0.4, 0.5) is 0 Å². The molecule has 72 valence electrons. The van der Waals surface area contributed by atoms with Gasteiger partial charge in [0.15, 0.2) is 11.6 Å². The van der Waals surface area contributed by atoms with Gasteiger partial charge >= 0.3 is 0 Å². The van der Waals surface area contributed by atoms with E-state index in [1.54, 1.807) is 19.1 Å². The Bertz CT molecular complexity index is 224. The summed E-state index contributed by atoms with van der Waals surface area (Å²) in [6.45, 7) is 3.76. The molecule has 0 fully saturated rings. The molecule has 0 aliphatic carbocycles. The van der Waals surface area contributed by atoms with Crippen molar-refractivity contribution in [1.29, 1.82) is 0 Å². The molecule has 0 bridgehead atoms. The van der Waals surface area contributed by atoms with Gasteiger partial charge in [0.25, 0.3) is 0 Å². The fourth-order valence-corrected chi connectivity index (χ4v) is 0.773. The van der Waals surface area contributed by atoms with Gasteiger partial charge in [-0.15, -0.1) is 0 Å². The zero-order valence-electron chi connectivity index (χ0n) is 8.25. The smallest absolute Gasteiger partial charge is 0.155 e. The Morgan fingerprint density at radius 2 is 1.54 bits per heavy atom. The maximum absolute atomic E-state index is 11.0. The minimum atomic E-state index is 0.0765. The topological polar surface area (TPSA) is 34.1 Å². The van der Waals surface area contributed by atoms with E-state index < -0.39 is 0 Å². The van der Waals surface area contributed by atoms with Gasteiger partial charge in [0, 0.05) is 12.8 Å². The van der Waals surface area contributed by atoms with Gasteiger partial charge in [-0.05, 0) is 18.6 Å². The average Bonchev–Trinajstić information content (AvgIpc) is 2.12. The fraction of sp³-hybridized carbons (Fsp3) is 0.455. The van der Waals surface area contributed by atoms with Crippen LogP contribution in [0.5, 0.6) is 0 Å². The van der Waals surface area contributed by atoms with Crippen LogP contribution in [0.3, 0.4) is 0 Å². The molecule has 0 heterocycles. The molecule has 0 aliphatic heterocycles. The number of carbonyl (C=O) groups is 2. The monoisotopic (exact) mass is 180 g/mol. The molecule has 0 atom stereocenters. The van der Waals surface area contributed by atoms with Crippen LogP contribution in [0.25, 0.3) is 0 Å². The van der Waals surface area contributed by atoms with E-state index in [1.165, 1.54) is 12.2 Å². The van der Waals surface area contributed by atoms with Crippen molar-refractivity contribution >= 4 is 11.6 Å². The highest BCUT2D eigenvalue weighted by Gasteiger charge is 1.91. The summed E-state index contributed by atoms with van der Waals surface area (Å²) in [7, 11) is 0. The zero-order chi connectivity index (χ0) is 10.1. The third-order valence-corrected chi connectivity index (χ3v) is 1.52. The predicted octanol–water partition coefficient (Wildman–Crippen LogP) is 2.45. The Balaban J connectivity index is 3.80. The highest BCUT2D eigenvalue weighted by molar-refractivity contribution is 5.91. The molecular formula is C11H16O2. The average molecular weight is 180 g/mol. The largest absolute Gasteiger partial charge is 0.295 e. The van der Waals surface area contributed by atoms with Crippen molar-refractivity contribution in [2.24, 2.45) is 0 Å². The van der Waals surface area contributed by atoms with E-state index in [2.05, 4.69) is 0 Å². The van der Waals surface area contributed by atoms with E-state index in [0.717, 1.165) is 6.42 Å². The van der Waals surface area contributed by atoms with Gasteiger partial charge in [-0.25, -0.2) is 0 Å². The summed E-state index contributed by atoms with van der Waals surface area (Å²) in [5.41, 5.74) is 0. The molecule has 2 nitrogen and oxygen atoms in total. The molecule has 0 aromatic carbocycles. The molecule has 0 saturated heterocycles. The van der Waals surface area contributed by atoms with Crippen molar-refractivity contribution in [2.75, 3.05) is 0 Å². The van der Waals surface area contributed by atoms with E-state index in [9.17, 15) is 9.59 Å². The Hall–Kier alpha value is -1.18. The molecule has 0 unspecified atom stereocenters. The van der Waals surface area contributed by atoms with Crippen molar-refractivity contribution in [2.45, 2.75) is 33.1 Å². The number of rotatable bonds is 6. The second kappa shape index (κ2) is 7.47. The molecule has 0 aromatic rings. The molecule has 0 spiro atoms. The van der Waals surface area contributed by atoms with Gasteiger partial charge in [0.05, 0.1) is 0 Å². The Morgan fingerprint density at radius 1 is 1.00 bits per heavy atom. The summed E-state index contributed by atoms with van der Waals surface area (Å²) in [5.74, 6) is 0.184. The Morgan fingerprint density at radius 3 is 2.00 bits per heavy atom. The second-order valence-electron chi connectivity index (χ2n) is 2.75. The summed E-state index contributed by atoms with van der Waals surface area (Å²) in [6.07, 6.45) is 8.16. The van der Waals surface area contributed by atoms with E-state index in [0.29, 0.717) is 12.8 Å². The van der Waals surface area contributed by atoms with Gasteiger partial charge in [0.2, 0.25) is 0 Å². The van der Waals surface area contributed by atoms with Crippen molar-refractivity contribution in [1.82, 2.24) is 0 Å². The van der Waals surface area contributed by atoms with E-state index in [1.807, 2.05) is 6.92 Å². The van der Waals surface area contributed by atoms with E-state index in [-0.39, 0.29) is 11.6 Å². The minimum Gasteiger partial charge on any atom is -0.295 e. The predicted molar refractivity (Wildman–Crippen MR) is 53.5 cm³/mol. The molecule has 13 heavy (non-hydrogen) atoms. The van der Waals surface area contributed by atoms with Crippen LogP contribution < -0.4 is 0 Å². The van der Waals surface area contributed by atoms with Gasteiger partial charge in [-0.1, -0.05) is 26.0 Å².